The van der Waals surface area contributed by atoms with Gasteiger partial charge in [-0.15, -0.1) is 5.10 Å². The van der Waals surface area contributed by atoms with Crippen LogP contribution in [0.2, 0.25) is 0 Å². The zero-order valence-corrected chi connectivity index (χ0v) is 26.9. The van der Waals surface area contributed by atoms with Gasteiger partial charge in [-0.2, -0.15) is 0 Å². The number of aromatic nitrogens is 3. The highest BCUT2D eigenvalue weighted by Crippen LogP contribution is 2.30. The molecule has 3 N–H and O–H groups in total. The van der Waals surface area contributed by atoms with Crippen LogP contribution in [0.3, 0.4) is 0 Å². The number of aryl methyl sites for hydroxylation is 1. The molecule has 2 heterocycles. The van der Waals surface area contributed by atoms with Crippen molar-refractivity contribution in [1.29, 1.82) is 0 Å². The molecule has 2 amide bonds. The summed E-state index contributed by atoms with van der Waals surface area (Å²) in [5.41, 5.74) is 5.61. The monoisotopic (exact) mass is 644 g/mol. The topological polar surface area (TPSA) is 119 Å². The van der Waals surface area contributed by atoms with Crippen molar-refractivity contribution in [3.05, 3.63) is 149 Å². The van der Waals surface area contributed by atoms with Crippen LogP contribution >= 0.6 is 0 Å². The van der Waals surface area contributed by atoms with Crippen molar-refractivity contribution in [2.75, 3.05) is 25.6 Å². The van der Waals surface area contributed by atoms with Crippen LogP contribution in [-0.4, -0.2) is 59.4 Å². The Morgan fingerprint density at radius 1 is 0.917 bits per heavy atom. The van der Waals surface area contributed by atoms with Crippen LogP contribution in [0.25, 0.3) is 0 Å². The van der Waals surface area contributed by atoms with Gasteiger partial charge in [0.25, 0.3) is 0 Å². The van der Waals surface area contributed by atoms with Gasteiger partial charge in [-0.1, -0.05) is 114 Å². The maximum Gasteiger partial charge on any atom is 0.407 e. The van der Waals surface area contributed by atoms with Gasteiger partial charge in [0.1, 0.15) is 6.04 Å². The van der Waals surface area contributed by atoms with Gasteiger partial charge in [-0.3, -0.25) is 4.79 Å². The van der Waals surface area contributed by atoms with Gasteiger partial charge in [0, 0.05) is 18.2 Å². The molecule has 1 fully saturated rings. The van der Waals surface area contributed by atoms with Gasteiger partial charge in [-0.25, -0.2) is 9.48 Å². The highest BCUT2D eigenvalue weighted by Gasteiger charge is 2.33. The van der Waals surface area contributed by atoms with Crippen LogP contribution in [0.5, 0.6) is 0 Å². The van der Waals surface area contributed by atoms with Crippen molar-refractivity contribution in [3.8, 4) is 0 Å². The number of nitrogens with zero attached hydrogens (tertiary/aromatic N) is 3. The number of carbonyl (C=O) groups excluding carboxylic acids is 2. The zero-order valence-electron chi connectivity index (χ0n) is 26.9. The SMILES string of the molecule is COC(=O)NC(C(=O)Nc1ccccc1CC[C@@H]1CN[C@H](c2cnnn2Cc2ccccc2)CO1)C(c1ccccc1)c1ccccc1. The molecule has 6 rings (SSSR count). The van der Waals surface area contributed by atoms with E-state index in [0.717, 1.165) is 34.4 Å². The highest BCUT2D eigenvalue weighted by atomic mass is 16.5. The minimum Gasteiger partial charge on any atom is -0.453 e. The Kier molecular flexibility index (Phi) is 10.9. The third-order valence-corrected chi connectivity index (χ3v) is 8.67. The number of rotatable bonds is 12. The van der Waals surface area contributed by atoms with Gasteiger partial charge in [0.05, 0.1) is 44.3 Å². The molecule has 0 spiro atoms. The van der Waals surface area contributed by atoms with Gasteiger partial charge in [-0.05, 0) is 41.2 Å². The number of hydrogen-bond acceptors (Lipinski definition) is 7. The summed E-state index contributed by atoms with van der Waals surface area (Å²) in [7, 11) is 1.29. The predicted molar refractivity (Wildman–Crippen MR) is 183 cm³/mol. The number of morpholine rings is 1. The standard InChI is InChI=1S/C38H40N6O4/c1-47-38(46)42-36(35(29-16-7-3-8-17-29)30-18-9-4-10-19-30)37(45)41-32-20-12-11-15-28(32)21-22-31-23-39-33(26-48-31)34-24-40-43-44(34)25-27-13-5-2-6-14-27/h2-20,24,31,33,35-36,39H,21-23,25-26H2,1H3,(H,41,45)(H,42,46)/t31-,33+,36?/m1/s1. The summed E-state index contributed by atoms with van der Waals surface area (Å²) in [6.07, 6.45) is 2.56. The molecule has 48 heavy (non-hydrogen) atoms. The van der Waals surface area contributed by atoms with Crippen molar-refractivity contribution in [1.82, 2.24) is 25.6 Å². The van der Waals surface area contributed by atoms with Gasteiger partial charge < -0.3 is 25.4 Å². The number of ether oxygens (including phenoxy) is 2. The van der Waals surface area contributed by atoms with Crippen molar-refractivity contribution < 1.29 is 19.1 Å². The molecule has 1 saturated heterocycles. The number of benzene rings is 4. The third kappa shape index (κ3) is 8.14. The first-order valence-corrected chi connectivity index (χ1v) is 16.2. The number of hydrogen-bond donors (Lipinski definition) is 3. The first-order valence-electron chi connectivity index (χ1n) is 16.2. The molecule has 3 atom stereocenters. The molecule has 1 aliphatic heterocycles. The molecule has 0 bridgehead atoms. The molecular formula is C38H40N6O4. The molecule has 4 aromatic carbocycles. The van der Waals surface area contributed by atoms with Crippen molar-refractivity contribution in [2.24, 2.45) is 0 Å². The Bertz CT molecular complexity index is 1720. The van der Waals surface area contributed by atoms with Crippen molar-refractivity contribution >= 4 is 17.7 Å². The van der Waals surface area contributed by atoms with E-state index in [0.29, 0.717) is 31.8 Å². The summed E-state index contributed by atoms with van der Waals surface area (Å²) in [4.78, 5) is 26.6. The van der Waals surface area contributed by atoms with Crippen molar-refractivity contribution in [2.45, 2.75) is 43.5 Å². The Balaban J connectivity index is 1.12. The van der Waals surface area contributed by atoms with E-state index in [1.54, 1.807) is 6.20 Å². The molecule has 5 aromatic rings. The molecule has 0 radical (unpaired) electrons. The third-order valence-electron chi connectivity index (χ3n) is 8.67. The fourth-order valence-corrected chi connectivity index (χ4v) is 6.19. The molecule has 1 unspecified atom stereocenters. The average Bonchev–Trinajstić information content (AvgIpc) is 3.60. The summed E-state index contributed by atoms with van der Waals surface area (Å²) in [6.45, 7) is 1.83. The van der Waals surface area contributed by atoms with Crippen LogP contribution in [0.1, 0.15) is 46.3 Å². The molecule has 1 aromatic heterocycles. The lowest BCUT2D eigenvalue weighted by Crippen LogP contribution is -2.48. The fourth-order valence-electron chi connectivity index (χ4n) is 6.19. The number of nitrogens with one attached hydrogen (secondary N) is 3. The van der Waals surface area contributed by atoms with Gasteiger partial charge in [0.2, 0.25) is 5.91 Å². The molecule has 0 saturated carbocycles. The van der Waals surface area contributed by atoms with E-state index in [-0.39, 0.29) is 18.1 Å². The number of alkyl carbamates (subject to hydrolysis) is 1. The van der Waals surface area contributed by atoms with Gasteiger partial charge >= 0.3 is 6.09 Å². The first-order chi connectivity index (χ1) is 23.6. The second-order valence-corrected chi connectivity index (χ2v) is 11.8. The Morgan fingerprint density at radius 2 is 1.56 bits per heavy atom. The summed E-state index contributed by atoms with van der Waals surface area (Å²) >= 11 is 0. The summed E-state index contributed by atoms with van der Waals surface area (Å²) in [5, 5.41) is 18.0. The molecule has 0 aliphatic carbocycles. The number of para-hydroxylation sites is 1. The van der Waals surface area contributed by atoms with E-state index in [2.05, 4.69) is 38.4 Å². The highest BCUT2D eigenvalue weighted by molar-refractivity contribution is 5.98. The van der Waals surface area contributed by atoms with E-state index in [1.165, 1.54) is 7.11 Å². The maximum atomic E-state index is 14.1. The molecule has 1 aliphatic rings. The number of carbonyl (C=O) groups is 2. The minimum absolute atomic E-state index is 0.00209. The van der Waals surface area contributed by atoms with Crippen LogP contribution in [0, 0.1) is 0 Å². The Hall–Kier alpha value is -5.32. The first kappa shape index (κ1) is 32.6. The summed E-state index contributed by atoms with van der Waals surface area (Å²) in [6, 6.07) is 36.4. The number of amides is 2. The molecule has 10 nitrogen and oxygen atoms in total. The Labute approximate surface area is 280 Å². The second-order valence-electron chi connectivity index (χ2n) is 11.8. The predicted octanol–water partition coefficient (Wildman–Crippen LogP) is 5.48. The van der Waals surface area contributed by atoms with Crippen molar-refractivity contribution in [3.63, 3.8) is 0 Å². The smallest absolute Gasteiger partial charge is 0.407 e. The van der Waals surface area contributed by atoms with Gasteiger partial charge in [0.15, 0.2) is 0 Å². The summed E-state index contributed by atoms with van der Waals surface area (Å²) < 4.78 is 13.2. The number of methoxy groups -OCH3 is 1. The quantitative estimate of drug-likeness (QED) is 0.165. The molecule has 246 valence electrons. The molecular weight excluding hydrogens is 604 g/mol. The number of anilines is 1. The lowest BCUT2D eigenvalue weighted by atomic mass is 9.84. The lowest BCUT2D eigenvalue weighted by Gasteiger charge is -2.31. The van der Waals surface area contributed by atoms with E-state index < -0.39 is 18.1 Å². The minimum atomic E-state index is -0.942. The van der Waals surface area contributed by atoms with Crippen LogP contribution < -0.4 is 16.0 Å². The van der Waals surface area contributed by atoms with Crippen LogP contribution in [0.15, 0.2) is 121 Å². The summed E-state index contributed by atoms with van der Waals surface area (Å²) in [5.74, 6) is -0.794. The lowest BCUT2D eigenvalue weighted by molar-refractivity contribution is -0.118. The normalized spacial score (nSPS) is 16.6. The van der Waals surface area contributed by atoms with E-state index >= 15 is 0 Å². The van der Waals surface area contributed by atoms with E-state index in [1.807, 2.05) is 108 Å². The van der Waals surface area contributed by atoms with Crippen LogP contribution in [0.4, 0.5) is 10.5 Å². The average molecular weight is 645 g/mol. The maximum absolute atomic E-state index is 14.1. The van der Waals surface area contributed by atoms with Crippen LogP contribution in [-0.2, 0) is 27.2 Å². The fraction of sp³-hybridized carbons (Fsp3) is 0.263. The van der Waals surface area contributed by atoms with E-state index in [4.69, 9.17) is 9.47 Å². The largest absolute Gasteiger partial charge is 0.453 e. The molecule has 10 heteroatoms. The van der Waals surface area contributed by atoms with E-state index in [9.17, 15) is 9.59 Å². The Morgan fingerprint density at radius 3 is 2.21 bits per heavy atom. The second kappa shape index (κ2) is 16.0. The zero-order chi connectivity index (χ0) is 33.1.